The summed E-state index contributed by atoms with van der Waals surface area (Å²) in [5.74, 6) is 0. The summed E-state index contributed by atoms with van der Waals surface area (Å²) in [7, 11) is 0. The second-order valence-corrected chi connectivity index (χ2v) is 19.2. The van der Waals surface area contributed by atoms with Crippen LogP contribution in [0.15, 0.2) is 230 Å². The molecule has 12 rings (SSSR count). The predicted molar refractivity (Wildman–Crippen MR) is 297 cm³/mol. The number of aryl methyl sites for hydroxylation is 3. The summed E-state index contributed by atoms with van der Waals surface area (Å²) in [4.78, 5) is 0. The summed E-state index contributed by atoms with van der Waals surface area (Å²) in [6.07, 6.45) is 17.2. The molecule has 1 nitrogen and oxygen atoms in total. The maximum Gasteiger partial charge on any atom is 0.0714 e. The molecule has 0 saturated heterocycles. The normalized spacial score (nSPS) is 16.1. The lowest BCUT2D eigenvalue weighted by molar-refractivity contribution is 0.592. The molecule has 69 heavy (non-hydrogen) atoms. The first-order valence-electron chi connectivity index (χ1n) is 24.4. The molecular weight excluding hydrogens is 831 g/mol. The maximum atomic E-state index is 8.55. The van der Waals surface area contributed by atoms with Crippen LogP contribution in [-0.4, -0.2) is 6.21 Å². The zero-order valence-electron chi connectivity index (χ0n) is 40.4. The van der Waals surface area contributed by atoms with Gasteiger partial charge in [0.25, 0.3) is 0 Å². The summed E-state index contributed by atoms with van der Waals surface area (Å²) < 4.78 is 0. The lowest BCUT2D eigenvalue weighted by Crippen LogP contribution is -2.37. The fraction of sp³-hybridized carbons (Fsp3) is 0.132. The van der Waals surface area contributed by atoms with Gasteiger partial charge in [0.15, 0.2) is 0 Å². The average molecular weight is 890 g/mol. The van der Waals surface area contributed by atoms with E-state index in [1.807, 2.05) is 24.3 Å². The van der Waals surface area contributed by atoms with Crippen molar-refractivity contribution in [2.75, 3.05) is 0 Å². The number of fused-ring (bicyclic) bond motifs is 13. The first kappa shape index (κ1) is 44.9. The van der Waals surface area contributed by atoms with Crippen molar-refractivity contribution in [3.05, 3.63) is 286 Å². The zero-order chi connectivity index (χ0) is 47.5. The summed E-state index contributed by atoms with van der Waals surface area (Å²) >= 11 is 0. The Labute approximate surface area is 409 Å². The lowest BCUT2D eigenvalue weighted by Gasteiger charge is -2.44. The minimum absolute atomic E-state index is 0.132. The van der Waals surface area contributed by atoms with E-state index in [1.54, 1.807) is 6.21 Å². The molecule has 1 heteroatoms. The molecule has 0 fully saturated rings. The van der Waals surface area contributed by atoms with Crippen molar-refractivity contribution >= 4 is 39.4 Å². The highest BCUT2D eigenvalue weighted by atomic mass is 14.5. The van der Waals surface area contributed by atoms with Crippen molar-refractivity contribution in [2.24, 2.45) is 0 Å². The molecular formula is C68H59N. The van der Waals surface area contributed by atoms with Gasteiger partial charge < -0.3 is 5.41 Å². The third-order valence-corrected chi connectivity index (χ3v) is 14.4. The van der Waals surface area contributed by atoms with Crippen LogP contribution < -0.4 is 0 Å². The largest absolute Gasteiger partial charge is 0.308 e. The van der Waals surface area contributed by atoms with Gasteiger partial charge in [-0.2, -0.15) is 0 Å². The number of rotatable bonds is 5. The molecule has 0 aliphatic heterocycles. The van der Waals surface area contributed by atoms with Crippen molar-refractivity contribution in [1.82, 2.24) is 0 Å². The fourth-order valence-corrected chi connectivity index (χ4v) is 11.2. The minimum Gasteiger partial charge on any atom is -0.308 e. The molecule has 3 aliphatic carbocycles. The fourth-order valence-electron chi connectivity index (χ4n) is 11.2. The van der Waals surface area contributed by atoms with Crippen LogP contribution in [0.5, 0.6) is 0 Å². The first-order valence-corrected chi connectivity index (χ1v) is 24.4. The Bertz CT molecular complexity index is 3490. The molecule has 1 atom stereocenters. The quantitative estimate of drug-likeness (QED) is 0.101. The molecule has 0 radical (unpaired) electrons. The molecule has 1 N–H and O–H groups in total. The number of hydrogen-bond donors (Lipinski definition) is 1. The lowest BCUT2D eigenvalue weighted by atomic mass is 9.58. The van der Waals surface area contributed by atoms with Crippen LogP contribution in [0.4, 0.5) is 0 Å². The summed E-state index contributed by atoms with van der Waals surface area (Å²) in [5.41, 5.74) is 20.0. The van der Waals surface area contributed by atoms with E-state index in [4.69, 9.17) is 5.41 Å². The van der Waals surface area contributed by atoms with E-state index in [0.29, 0.717) is 0 Å². The van der Waals surface area contributed by atoms with Crippen LogP contribution in [0.2, 0.25) is 0 Å². The predicted octanol–water partition coefficient (Wildman–Crippen LogP) is 17.8. The van der Waals surface area contributed by atoms with Crippen LogP contribution >= 0.6 is 0 Å². The highest BCUT2D eigenvalue weighted by molar-refractivity contribution is 6.14. The molecule has 0 heterocycles. The average Bonchev–Trinajstić information content (AvgIpc) is 3.69. The molecule has 0 saturated carbocycles. The third kappa shape index (κ3) is 8.23. The van der Waals surface area contributed by atoms with E-state index in [0.717, 1.165) is 18.4 Å². The number of nitrogens with one attached hydrogen (secondary N) is 1. The van der Waals surface area contributed by atoms with Crippen molar-refractivity contribution in [3.8, 4) is 22.3 Å². The smallest absolute Gasteiger partial charge is 0.0714 e. The first-order chi connectivity index (χ1) is 33.7. The van der Waals surface area contributed by atoms with Gasteiger partial charge in [0.2, 0.25) is 0 Å². The number of benzene rings is 9. The summed E-state index contributed by atoms with van der Waals surface area (Å²) in [6.45, 7) is 10.9. The van der Waals surface area contributed by atoms with Crippen LogP contribution in [0.25, 0.3) is 55.4 Å². The second kappa shape index (κ2) is 19.0. The standard InChI is InChI=1S/C48H39N.C13H12.C7H8/c1-4-5-6-15-34-29-47(2,3)43-20-11-12-21-44(43)48(34)42-26-24-32(28-41(42)46-33(30-49)14-13-22-45(46)48)31-23-25-39-37-18-8-7-16-35(37)36-17-9-10-19-38(36)40(39)27-31;1-11-7-9-13(10-8-11)12-5-3-2-4-6-12;1-7-5-3-2-4-6-7/h4-22,24,26-30,49H,23,25H2,1-3H3;2-10H,1H3;2-6H,1H3/b5-4-,15-6-,49-30?;;. The summed E-state index contributed by atoms with van der Waals surface area (Å²) in [6, 6.07) is 69.8. The van der Waals surface area contributed by atoms with Crippen molar-refractivity contribution in [1.29, 1.82) is 5.41 Å². The Kier molecular flexibility index (Phi) is 12.4. The van der Waals surface area contributed by atoms with Crippen molar-refractivity contribution < 1.29 is 0 Å². The van der Waals surface area contributed by atoms with Crippen LogP contribution in [0, 0.1) is 19.3 Å². The molecule has 0 aromatic heterocycles. The van der Waals surface area contributed by atoms with E-state index in [2.05, 4.69) is 241 Å². The van der Waals surface area contributed by atoms with E-state index in [9.17, 15) is 0 Å². The second-order valence-electron chi connectivity index (χ2n) is 19.2. The monoisotopic (exact) mass is 889 g/mol. The van der Waals surface area contributed by atoms with Gasteiger partial charge in [0.05, 0.1) is 5.41 Å². The molecule has 9 aromatic carbocycles. The maximum absolute atomic E-state index is 8.55. The minimum atomic E-state index is -0.477. The van der Waals surface area contributed by atoms with E-state index in [1.165, 1.54) is 105 Å². The van der Waals surface area contributed by atoms with Crippen LogP contribution in [0.3, 0.4) is 0 Å². The molecule has 3 aliphatic rings. The molecule has 0 amide bonds. The number of hydrogen-bond acceptors (Lipinski definition) is 1. The number of allylic oxidation sites excluding steroid dienone is 7. The SMILES string of the molecule is C/C=C\C=C/C1=CC(C)(C)c2ccccc2C12c1ccc(C3=Cc4c(c5ccccc5c5ccccc45)CC3)cc1-c1c(C=N)cccc12.Cc1ccc(-c2ccccc2)cc1.Cc1ccccc1. The van der Waals surface area contributed by atoms with E-state index >= 15 is 0 Å². The van der Waals surface area contributed by atoms with Crippen LogP contribution in [-0.2, 0) is 17.3 Å². The van der Waals surface area contributed by atoms with Gasteiger partial charge in [0, 0.05) is 17.2 Å². The van der Waals surface area contributed by atoms with E-state index in [-0.39, 0.29) is 5.41 Å². The van der Waals surface area contributed by atoms with Gasteiger partial charge in [-0.1, -0.05) is 249 Å². The highest BCUT2D eigenvalue weighted by Gasteiger charge is 2.51. The molecule has 1 unspecified atom stereocenters. The topological polar surface area (TPSA) is 23.9 Å². The Morgan fingerprint density at radius 1 is 0.493 bits per heavy atom. The van der Waals surface area contributed by atoms with Gasteiger partial charge in [-0.3, -0.25) is 0 Å². The van der Waals surface area contributed by atoms with Crippen molar-refractivity contribution in [3.63, 3.8) is 0 Å². The van der Waals surface area contributed by atoms with Gasteiger partial charge >= 0.3 is 0 Å². The molecule has 336 valence electrons. The van der Waals surface area contributed by atoms with Gasteiger partial charge in [-0.25, -0.2) is 0 Å². The van der Waals surface area contributed by atoms with Gasteiger partial charge in [-0.15, -0.1) is 0 Å². The van der Waals surface area contributed by atoms with Gasteiger partial charge in [0.1, 0.15) is 0 Å². The molecule has 1 spiro atoms. The van der Waals surface area contributed by atoms with Crippen molar-refractivity contribution in [2.45, 2.75) is 58.3 Å². The van der Waals surface area contributed by atoms with Gasteiger partial charge in [-0.05, 0) is 134 Å². The Morgan fingerprint density at radius 3 is 1.75 bits per heavy atom. The third-order valence-electron chi connectivity index (χ3n) is 14.4. The summed E-state index contributed by atoms with van der Waals surface area (Å²) in [5, 5.41) is 13.9. The Hall–Kier alpha value is -7.87. The Morgan fingerprint density at radius 2 is 1.07 bits per heavy atom. The highest BCUT2D eigenvalue weighted by Crippen LogP contribution is 2.61. The molecule has 0 bridgehead atoms. The van der Waals surface area contributed by atoms with E-state index < -0.39 is 5.41 Å². The Balaban J connectivity index is 0.000000228. The van der Waals surface area contributed by atoms with Crippen LogP contribution in [0.1, 0.15) is 82.8 Å². The molecule has 9 aromatic rings. The zero-order valence-corrected chi connectivity index (χ0v) is 40.4.